The first kappa shape index (κ1) is 9.67. The van der Waals surface area contributed by atoms with E-state index >= 15 is 0 Å². The van der Waals surface area contributed by atoms with Crippen LogP contribution in [0.4, 0.5) is 0 Å². The van der Waals surface area contributed by atoms with Crippen LogP contribution in [0, 0.1) is 6.92 Å². The van der Waals surface area contributed by atoms with Crippen LogP contribution in [-0.4, -0.2) is 10.9 Å². The molecule has 0 bridgehead atoms. The Morgan fingerprint density at radius 2 is 2.15 bits per heavy atom. The van der Waals surface area contributed by atoms with Crippen LogP contribution in [0.25, 0.3) is 0 Å². The molecule has 0 spiro atoms. The van der Waals surface area contributed by atoms with Gasteiger partial charge in [0, 0.05) is 11.9 Å². The average molecular weight is 179 g/mol. The molecule has 0 aromatic carbocycles. The van der Waals surface area contributed by atoms with Crippen LogP contribution >= 0.6 is 0 Å². The molecule has 0 aliphatic carbocycles. The number of carbonyl (C=O) groups is 1. The molecule has 1 amide bonds. The molecule has 1 heterocycles. The summed E-state index contributed by atoms with van der Waals surface area (Å²) in [5.41, 5.74) is 11.2. The molecule has 4 nitrogen and oxygen atoms in total. The predicted octanol–water partition coefficient (Wildman–Crippen LogP) is 0.0492. The fourth-order valence-electron chi connectivity index (χ4n) is 0.917. The van der Waals surface area contributed by atoms with Crippen molar-refractivity contribution in [3.8, 4) is 0 Å². The van der Waals surface area contributed by atoms with Crippen molar-refractivity contribution in [3.05, 3.63) is 29.6 Å². The Hall–Kier alpha value is -1.42. The van der Waals surface area contributed by atoms with E-state index in [-0.39, 0.29) is 0 Å². The van der Waals surface area contributed by atoms with Gasteiger partial charge in [-0.3, -0.25) is 9.78 Å². The first-order valence-electron chi connectivity index (χ1n) is 3.96. The molecule has 4 N–H and O–H groups in total. The number of aryl methyl sites for hydroxylation is 1. The van der Waals surface area contributed by atoms with Crippen molar-refractivity contribution in [2.75, 3.05) is 0 Å². The average Bonchev–Trinajstić information content (AvgIpc) is 2.04. The lowest BCUT2D eigenvalue weighted by molar-refractivity contribution is -0.122. The maximum Gasteiger partial charge on any atom is 0.241 e. The molecule has 1 unspecified atom stereocenters. The molecule has 1 aromatic rings. The normalized spacial score (nSPS) is 15.0. The molecule has 0 saturated carbocycles. The van der Waals surface area contributed by atoms with Crippen molar-refractivity contribution >= 4 is 5.91 Å². The Bertz CT molecular complexity index is 316. The second kappa shape index (κ2) is 3.14. The lowest BCUT2D eigenvalue weighted by Gasteiger charge is -2.20. The fourth-order valence-corrected chi connectivity index (χ4v) is 0.917. The van der Waals surface area contributed by atoms with Gasteiger partial charge in [-0.15, -0.1) is 0 Å². The zero-order valence-corrected chi connectivity index (χ0v) is 7.74. The number of rotatable bonds is 2. The summed E-state index contributed by atoms with van der Waals surface area (Å²) in [7, 11) is 0. The Kier molecular flexibility index (Phi) is 2.34. The topological polar surface area (TPSA) is 82.0 Å². The molecule has 1 atom stereocenters. The highest BCUT2D eigenvalue weighted by Gasteiger charge is 2.27. The number of primary amides is 1. The van der Waals surface area contributed by atoms with Gasteiger partial charge < -0.3 is 11.5 Å². The lowest BCUT2D eigenvalue weighted by atomic mass is 9.94. The van der Waals surface area contributed by atoms with Crippen LogP contribution in [0.1, 0.15) is 18.2 Å². The number of nitrogens with two attached hydrogens (primary N) is 2. The number of amides is 1. The highest BCUT2D eigenvalue weighted by atomic mass is 16.1. The van der Waals surface area contributed by atoms with Gasteiger partial charge in [-0.05, 0) is 25.5 Å². The zero-order chi connectivity index (χ0) is 10.1. The fraction of sp³-hybridized carbons (Fsp3) is 0.333. The second-order valence-corrected chi connectivity index (χ2v) is 3.25. The van der Waals surface area contributed by atoms with Crippen molar-refractivity contribution in [1.29, 1.82) is 0 Å². The van der Waals surface area contributed by atoms with E-state index in [2.05, 4.69) is 4.98 Å². The van der Waals surface area contributed by atoms with Gasteiger partial charge in [-0.1, -0.05) is 6.07 Å². The van der Waals surface area contributed by atoms with E-state index in [1.54, 1.807) is 25.3 Å². The van der Waals surface area contributed by atoms with E-state index in [9.17, 15) is 4.79 Å². The summed E-state index contributed by atoms with van der Waals surface area (Å²) in [6.07, 6.45) is 1.57. The largest absolute Gasteiger partial charge is 0.368 e. The summed E-state index contributed by atoms with van der Waals surface area (Å²) in [5.74, 6) is -0.557. The minimum absolute atomic E-state index is 0.557. The van der Waals surface area contributed by atoms with E-state index in [4.69, 9.17) is 11.5 Å². The summed E-state index contributed by atoms with van der Waals surface area (Å²) < 4.78 is 0. The van der Waals surface area contributed by atoms with Crippen molar-refractivity contribution < 1.29 is 4.79 Å². The van der Waals surface area contributed by atoms with Crippen molar-refractivity contribution in [1.82, 2.24) is 4.98 Å². The molecule has 13 heavy (non-hydrogen) atoms. The highest BCUT2D eigenvalue weighted by molar-refractivity contribution is 5.85. The molecular weight excluding hydrogens is 166 g/mol. The van der Waals surface area contributed by atoms with Crippen LogP contribution < -0.4 is 11.5 Å². The van der Waals surface area contributed by atoms with E-state index < -0.39 is 11.4 Å². The first-order valence-corrected chi connectivity index (χ1v) is 3.96. The number of pyridine rings is 1. The van der Waals surface area contributed by atoms with Crippen LogP contribution in [0.5, 0.6) is 0 Å². The monoisotopic (exact) mass is 179 g/mol. The molecule has 4 heteroatoms. The Labute approximate surface area is 77.0 Å². The maximum atomic E-state index is 11.0. The number of carbonyl (C=O) groups excluding carboxylic acids is 1. The number of aromatic nitrogens is 1. The molecule has 0 aliphatic rings. The number of hydrogen-bond donors (Lipinski definition) is 2. The molecular formula is C9H13N3O. The van der Waals surface area contributed by atoms with Gasteiger partial charge in [0.1, 0.15) is 5.54 Å². The molecule has 1 aromatic heterocycles. The van der Waals surface area contributed by atoms with Gasteiger partial charge in [0.15, 0.2) is 0 Å². The third-order valence-corrected chi connectivity index (χ3v) is 2.02. The molecule has 0 saturated heterocycles. The van der Waals surface area contributed by atoms with Gasteiger partial charge in [-0.25, -0.2) is 0 Å². The first-order chi connectivity index (χ1) is 5.94. The second-order valence-electron chi connectivity index (χ2n) is 3.25. The molecule has 0 aliphatic heterocycles. The predicted molar refractivity (Wildman–Crippen MR) is 49.7 cm³/mol. The smallest absolute Gasteiger partial charge is 0.241 e. The summed E-state index contributed by atoms with van der Waals surface area (Å²) in [4.78, 5) is 15.0. The quantitative estimate of drug-likeness (QED) is 0.673. The minimum Gasteiger partial charge on any atom is -0.368 e. The van der Waals surface area contributed by atoms with Crippen LogP contribution in [0.15, 0.2) is 18.3 Å². The van der Waals surface area contributed by atoms with Crippen LogP contribution in [0.3, 0.4) is 0 Å². The number of nitrogens with zero attached hydrogens (tertiary/aromatic N) is 1. The van der Waals surface area contributed by atoms with Gasteiger partial charge in [0.05, 0.1) is 0 Å². The van der Waals surface area contributed by atoms with Crippen molar-refractivity contribution in [3.63, 3.8) is 0 Å². The highest BCUT2D eigenvalue weighted by Crippen LogP contribution is 2.15. The SMILES string of the molecule is Cc1ccc(C(C)(N)C(N)=O)cn1. The third-order valence-electron chi connectivity index (χ3n) is 2.02. The maximum absolute atomic E-state index is 11.0. The van der Waals surface area contributed by atoms with Gasteiger partial charge in [0.25, 0.3) is 0 Å². The number of hydrogen-bond acceptors (Lipinski definition) is 3. The Balaban J connectivity index is 3.08. The van der Waals surface area contributed by atoms with Gasteiger partial charge in [0.2, 0.25) is 5.91 Å². The molecule has 0 radical (unpaired) electrons. The summed E-state index contributed by atoms with van der Waals surface area (Å²) in [6.45, 7) is 3.43. The van der Waals surface area contributed by atoms with Crippen molar-refractivity contribution in [2.24, 2.45) is 11.5 Å². The zero-order valence-electron chi connectivity index (χ0n) is 7.74. The molecule has 0 fully saturated rings. The third kappa shape index (κ3) is 1.84. The molecule has 70 valence electrons. The van der Waals surface area contributed by atoms with E-state index in [0.717, 1.165) is 5.69 Å². The van der Waals surface area contributed by atoms with Crippen LogP contribution in [0.2, 0.25) is 0 Å². The van der Waals surface area contributed by atoms with Gasteiger partial charge in [-0.2, -0.15) is 0 Å². The summed E-state index contributed by atoms with van der Waals surface area (Å²) >= 11 is 0. The Morgan fingerprint density at radius 3 is 2.54 bits per heavy atom. The minimum atomic E-state index is -1.14. The lowest BCUT2D eigenvalue weighted by Crippen LogP contribution is -2.46. The van der Waals surface area contributed by atoms with E-state index in [0.29, 0.717) is 5.56 Å². The van der Waals surface area contributed by atoms with E-state index in [1.807, 2.05) is 6.92 Å². The van der Waals surface area contributed by atoms with Crippen LogP contribution in [-0.2, 0) is 10.3 Å². The van der Waals surface area contributed by atoms with Gasteiger partial charge >= 0.3 is 0 Å². The summed E-state index contributed by atoms with van der Waals surface area (Å²) in [6, 6.07) is 3.55. The molecule has 1 rings (SSSR count). The Morgan fingerprint density at radius 1 is 1.54 bits per heavy atom. The van der Waals surface area contributed by atoms with Crippen molar-refractivity contribution in [2.45, 2.75) is 19.4 Å². The van der Waals surface area contributed by atoms with E-state index in [1.165, 1.54) is 0 Å². The summed E-state index contributed by atoms with van der Waals surface area (Å²) in [5, 5.41) is 0. The standard InChI is InChI=1S/C9H13N3O/c1-6-3-4-7(5-12-6)9(2,11)8(10)13/h3-5H,11H2,1-2H3,(H2,10,13).